The number of hydrogen-bond donors (Lipinski definition) is 0. The van der Waals surface area contributed by atoms with E-state index in [1.54, 1.807) is 0 Å². The average molecular weight is 108 g/mol. The fraction of sp³-hybridized carbons (Fsp3) is 0.667. The molecule has 8 heavy (non-hydrogen) atoms. The fourth-order valence-electron chi connectivity index (χ4n) is 0.817. The van der Waals surface area contributed by atoms with E-state index < -0.39 is 0 Å². The minimum Gasteiger partial charge on any atom is -0.278 e. The molecule has 1 aliphatic rings. The topological polar surface area (TPSA) is 36.1 Å². The van der Waals surface area contributed by atoms with Gasteiger partial charge in [0, 0.05) is 12.5 Å². The van der Waals surface area contributed by atoms with Gasteiger partial charge in [0.2, 0.25) is 0 Å². The smallest absolute Gasteiger partial charge is 0.115 e. The number of hydrogen-bond acceptors (Lipinski definition) is 2. The molecule has 1 rings (SSSR count). The third-order valence-corrected chi connectivity index (χ3v) is 1.43. The maximum Gasteiger partial charge on any atom is 0.115 e. The summed E-state index contributed by atoms with van der Waals surface area (Å²) in [5, 5.41) is 8.36. The Morgan fingerprint density at radius 1 is 1.88 bits per heavy atom. The van der Waals surface area contributed by atoms with Gasteiger partial charge in [-0.05, 0) is 6.42 Å². The van der Waals surface area contributed by atoms with Crippen LogP contribution in [0.2, 0.25) is 0 Å². The summed E-state index contributed by atoms with van der Waals surface area (Å²) < 4.78 is 0. The van der Waals surface area contributed by atoms with Crippen LogP contribution in [0.1, 0.15) is 13.3 Å². The average Bonchev–Trinajstić information content (AvgIpc) is 2.14. The lowest BCUT2D eigenvalue weighted by Crippen LogP contribution is -2.00. The van der Waals surface area contributed by atoms with Gasteiger partial charge in [-0.15, -0.1) is 0 Å². The second-order valence-electron chi connectivity index (χ2n) is 2.07. The molecule has 0 saturated carbocycles. The molecule has 0 radical (unpaired) electrons. The quantitative estimate of drug-likeness (QED) is 0.456. The van der Waals surface area contributed by atoms with E-state index in [-0.39, 0.29) is 0 Å². The van der Waals surface area contributed by atoms with Gasteiger partial charge >= 0.3 is 0 Å². The molecule has 1 unspecified atom stereocenters. The molecule has 42 valence electrons. The molecular weight excluding hydrogens is 100 g/mol. The molecule has 0 saturated heterocycles. The zero-order valence-electron chi connectivity index (χ0n) is 4.89. The maximum absolute atomic E-state index is 8.36. The first-order valence-electron chi connectivity index (χ1n) is 2.79. The largest absolute Gasteiger partial charge is 0.278 e. The highest BCUT2D eigenvalue weighted by atomic mass is 14.8. The number of nitriles is 1. The van der Waals surface area contributed by atoms with Crippen LogP contribution in [-0.4, -0.2) is 12.3 Å². The highest BCUT2D eigenvalue weighted by molar-refractivity contribution is 6.00. The van der Waals surface area contributed by atoms with E-state index in [0.717, 1.165) is 18.7 Å². The molecule has 0 amide bonds. The van der Waals surface area contributed by atoms with Crippen LogP contribution in [0.5, 0.6) is 0 Å². The van der Waals surface area contributed by atoms with Crippen LogP contribution in [-0.2, 0) is 0 Å². The molecule has 0 aromatic carbocycles. The number of aliphatic imine (C=N–C) groups is 1. The highest BCUT2D eigenvalue weighted by Gasteiger charge is 2.14. The Labute approximate surface area is 48.8 Å². The van der Waals surface area contributed by atoms with Crippen LogP contribution in [0.25, 0.3) is 0 Å². The van der Waals surface area contributed by atoms with Crippen molar-refractivity contribution in [3.63, 3.8) is 0 Å². The first-order valence-corrected chi connectivity index (χ1v) is 2.79. The van der Waals surface area contributed by atoms with Crippen molar-refractivity contribution in [3.05, 3.63) is 0 Å². The Hall–Kier alpha value is -0.840. The van der Waals surface area contributed by atoms with E-state index in [2.05, 4.69) is 11.1 Å². The molecule has 2 nitrogen and oxygen atoms in total. The van der Waals surface area contributed by atoms with Crippen LogP contribution in [0.15, 0.2) is 4.99 Å². The standard InChI is InChI=1S/C6H8N2/c1-5-2-3-8-6(5)4-7/h5H,2-3H2,1H3. The monoisotopic (exact) mass is 108 g/mol. The molecule has 0 fully saturated rings. The number of nitrogens with zero attached hydrogens (tertiary/aromatic N) is 2. The van der Waals surface area contributed by atoms with Crippen molar-refractivity contribution in [3.8, 4) is 6.07 Å². The van der Waals surface area contributed by atoms with Gasteiger partial charge in [0.15, 0.2) is 0 Å². The Balaban J connectivity index is 2.66. The second kappa shape index (κ2) is 1.95. The summed E-state index contributed by atoms with van der Waals surface area (Å²) in [5.41, 5.74) is 0.727. The minimum atomic E-state index is 0.417. The molecule has 0 N–H and O–H groups in total. The molecule has 1 atom stereocenters. The maximum atomic E-state index is 8.36. The van der Waals surface area contributed by atoms with Crippen LogP contribution in [0.3, 0.4) is 0 Å². The molecule has 0 spiro atoms. The van der Waals surface area contributed by atoms with Crippen LogP contribution < -0.4 is 0 Å². The summed E-state index contributed by atoms with van der Waals surface area (Å²) >= 11 is 0. The van der Waals surface area contributed by atoms with E-state index in [4.69, 9.17) is 5.26 Å². The van der Waals surface area contributed by atoms with Crippen molar-refractivity contribution in [2.45, 2.75) is 13.3 Å². The van der Waals surface area contributed by atoms with Gasteiger partial charge in [-0.25, -0.2) is 0 Å². The summed E-state index contributed by atoms with van der Waals surface area (Å²) in [5.74, 6) is 0.417. The van der Waals surface area contributed by atoms with E-state index in [0.29, 0.717) is 5.92 Å². The predicted octanol–water partition coefficient (Wildman–Crippen LogP) is 0.991. The summed E-state index contributed by atoms with van der Waals surface area (Å²) in [6, 6.07) is 2.06. The van der Waals surface area contributed by atoms with Gasteiger partial charge in [-0.2, -0.15) is 5.26 Å². The van der Waals surface area contributed by atoms with Gasteiger partial charge in [-0.3, -0.25) is 4.99 Å². The fourth-order valence-corrected chi connectivity index (χ4v) is 0.817. The predicted molar refractivity (Wildman–Crippen MR) is 31.7 cm³/mol. The van der Waals surface area contributed by atoms with E-state index in [1.165, 1.54) is 0 Å². The first kappa shape index (κ1) is 5.30. The van der Waals surface area contributed by atoms with E-state index >= 15 is 0 Å². The lowest BCUT2D eigenvalue weighted by molar-refractivity contribution is 0.752. The first-order chi connectivity index (χ1) is 3.84. The summed E-state index contributed by atoms with van der Waals surface area (Å²) in [6.45, 7) is 2.89. The van der Waals surface area contributed by atoms with Crippen molar-refractivity contribution in [1.82, 2.24) is 0 Å². The van der Waals surface area contributed by atoms with Gasteiger partial charge in [0.25, 0.3) is 0 Å². The van der Waals surface area contributed by atoms with Crippen LogP contribution in [0.4, 0.5) is 0 Å². The SMILES string of the molecule is CC1CCN=C1C#N. The summed E-state index contributed by atoms with van der Waals surface area (Å²) in [7, 11) is 0. The molecule has 0 aromatic rings. The molecular formula is C6H8N2. The van der Waals surface area contributed by atoms with Crippen LogP contribution >= 0.6 is 0 Å². The Bertz CT molecular complexity index is 152. The van der Waals surface area contributed by atoms with E-state index in [1.807, 2.05) is 6.92 Å². The third-order valence-electron chi connectivity index (χ3n) is 1.43. The normalized spacial score (nSPS) is 27.0. The zero-order valence-corrected chi connectivity index (χ0v) is 4.89. The van der Waals surface area contributed by atoms with Crippen molar-refractivity contribution >= 4 is 5.71 Å². The van der Waals surface area contributed by atoms with Gasteiger partial charge in [0.1, 0.15) is 11.8 Å². The molecule has 2 heteroatoms. The Morgan fingerprint density at radius 2 is 2.62 bits per heavy atom. The lowest BCUT2D eigenvalue weighted by Gasteiger charge is -1.93. The Morgan fingerprint density at radius 3 is 2.88 bits per heavy atom. The molecule has 1 aliphatic heterocycles. The molecule has 0 aromatic heterocycles. The number of rotatable bonds is 0. The molecule has 1 heterocycles. The van der Waals surface area contributed by atoms with Gasteiger partial charge in [0.05, 0.1) is 0 Å². The van der Waals surface area contributed by atoms with E-state index in [9.17, 15) is 0 Å². The highest BCUT2D eigenvalue weighted by Crippen LogP contribution is 2.11. The van der Waals surface area contributed by atoms with Crippen LogP contribution in [0, 0.1) is 17.2 Å². The van der Waals surface area contributed by atoms with Crippen molar-refractivity contribution in [2.24, 2.45) is 10.9 Å². The van der Waals surface area contributed by atoms with Crippen molar-refractivity contribution < 1.29 is 0 Å². The van der Waals surface area contributed by atoms with Crippen molar-refractivity contribution in [2.75, 3.05) is 6.54 Å². The van der Waals surface area contributed by atoms with Gasteiger partial charge in [-0.1, -0.05) is 6.92 Å². The second-order valence-corrected chi connectivity index (χ2v) is 2.07. The summed E-state index contributed by atoms with van der Waals surface area (Å²) in [4.78, 5) is 3.99. The molecule has 0 bridgehead atoms. The zero-order chi connectivity index (χ0) is 5.98. The van der Waals surface area contributed by atoms with Gasteiger partial charge < -0.3 is 0 Å². The lowest BCUT2D eigenvalue weighted by atomic mass is 10.1. The molecule has 0 aliphatic carbocycles. The summed E-state index contributed by atoms with van der Waals surface area (Å²) in [6.07, 6.45) is 1.06. The minimum absolute atomic E-state index is 0.417. The van der Waals surface area contributed by atoms with Crippen molar-refractivity contribution in [1.29, 1.82) is 5.26 Å². The Kier molecular flexibility index (Phi) is 1.29. The third kappa shape index (κ3) is 0.717.